The average Bonchev–Trinajstić information content (AvgIpc) is 2.53. The fourth-order valence-corrected chi connectivity index (χ4v) is 3.51. The van der Waals surface area contributed by atoms with Crippen LogP contribution >= 0.6 is 0 Å². The Morgan fingerprint density at radius 1 is 1.21 bits per heavy atom. The fourth-order valence-electron chi connectivity index (χ4n) is 3.51. The molecular weight excluding hydrogens is 306 g/mol. The van der Waals surface area contributed by atoms with Crippen LogP contribution in [0.25, 0.3) is 0 Å². The van der Waals surface area contributed by atoms with Crippen molar-refractivity contribution in [3.8, 4) is 0 Å². The average molecular weight is 333 g/mol. The lowest BCUT2D eigenvalue weighted by Gasteiger charge is -2.40. The Morgan fingerprint density at radius 3 is 2.42 bits per heavy atom. The van der Waals surface area contributed by atoms with Crippen molar-refractivity contribution in [1.82, 2.24) is 5.32 Å². The molecule has 1 fully saturated rings. The maximum absolute atomic E-state index is 12.1. The Labute approximate surface area is 143 Å². The highest BCUT2D eigenvalue weighted by molar-refractivity contribution is 5.92. The molecule has 2 N–H and O–H groups in total. The summed E-state index contributed by atoms with van der Waals surface area (Å²) >= 11 is 0. The second-order valence-electron chi connectivity index (χ2n) is 7.60. The van der Waals surface area contributed by atoms with E-state index >= 15 is 0 Å². The van der Waals surface area contributed by atoms with E-state index in [0.717, 1.165) is 6.42 Å². The first-order chi connectivity index (χ1) is 11.3. The second-order valence-corrected chi connectivity index (χ2v) is 7.60. The third-order valence-electron chi connectivity index (χ3n) is 4.77. The van der Waals surface area contributed by atoms with Crippen molar-refractivity contribution in [2.75, 3.05) is 11.9 Å². The van der Waals surface area contributed by atoms with E-state index in [-0.39, 0.29) is 23.6 Å². The van der Waals surface area contributed by atoms with Crippen LogP contribution in [0.5, 0.6) is 0 Å². The number of amides is 1. The Balaban J connectivity index is 1.86. The van der Waals surface area contributed by atoms with Gasteiger partial charge in [0.05, 0.1) is 11.5 Å². The highest BCUT2D eigenvalue weighted by atomic mass is 16.6. The summed E-state index contributed by atoms with van der Waals surface area (Å²) in [4.78, 5) is 22.3. The van der Waals surface area contributed by atoms with Crippen molar-refractivity contribution in [2.45, 2.75) is 52.5 Å². The van der Waals surface area contributed by atoms with Gasteiger partial charge in [0.15, 0.2) is 0 Å². The van der Waals surface area contributed by atoms with Crippen molar-refractivity contribution in [2.24, 2.45) is 11.3 Å². The summed E-state index contributed by atoms with van der Waals surface area (Å²) in [6.07, 6.45) is 4.77. The first-order valence-corrected chi connectivity index (χ1v) is 8.55. The van der Waals surface area contributed by atoms with Gasteiger partial charge in [-0.05, 0) is 36.3 Å². The van der Waals surface area contributed by atoms with E-state index < -0.39 is 4.92 Å². The maximum atomic E-state index is 12.1. The van der Waals surface area contributed by atoms with Gasteiger partial charge in [-0.25, -0.2) is 0 Å². The molecule has 0 aromatic heterocycles. The molecule has 1 aliphatic carbocycles. The zero-order chi connectivity index (χ0) is 17.7. The first-order valence-electron chi connectivity index (χ1n) is 8.55. The van der Waals surface area contributed by atoms with Gasteiger partial charge in [0, 0.05) is 23.9 Å². The molecule has 0 bridgehead atoms. The standard InChI is InChI=1S/C18H27N3O3/c1-18(2,3)15-6-4-5-7-16(15)19-12-17(22)20-13-8-10-14(11-9-13)21(23)24/h8-11,15-16,19H,4-7,12H2,1-3H3,(H,20,22). The van der Waals surface area contributed by atoms with E-state index in [0.29, 0.717) is 17.6 Å². The van der Waals surface area contributed by atoms with Gasteiger partial charge in [-0.1, -0.05) is 33.6 Å². The van der Waals surface area contributed by atoms with Crippen LogP contribution in [-0.2, 0) is 4.79 Å². The lowest BCUT2D eigenvalue weighted by atomic mass is 9.69. The minimum atomic E-state index is -0.455. The number of nitro groups is 1. The number of carbonyl (C=O) groups is 1. The van der Waals surface area contributed by atoms with E-state index in [1.165, 1.54) is 31.4 Å². The number of carbonyl (C=O) groups excluding carboxylic acids is 1. The predicted molar refractivity (Wildman–Crippen MR) is 94.9 cm³/mol. The van der Waals surface area contributed by atoms with Crippen LogP contribution in [0.2, 0.25) is 0 Å². The van der Waals surface area contributed by atoms with Crippen LogP contribution in [0.3, 0.4) is 0 Å². The van der Waals surface area contributed by atoms with E-state index in [9.17, 15) is 14.9 Å². The van der Waals surface area contributed by atoms with Gasteiger partial charge in [-0.3, -0.25) is 14.9 Å². The van der Waals surface area contributed by atoms with Gasteiger partial charge >= 0.3 is 0 Å². The molecule has 1 aliphatic rings. The molecule has 1 aromatic rings. The monoisotopic (exact) mass is 333 g/mol. The van der Waals surface area contributed by atoms with Gasteiger partial charge in [-0.2, -0.15) is 0 Å². The zero-order valence-corrected chi connectivity index (χ0v) is 14.7. The quantitative estimate of drug-likeness (QED) is 0.635. The first kappa shape index (κ1) is 18.4. The molecule has 6 nitrogen and oxygen atoms in total. The summed E-state index contributed by atoms with van der Waals surface area (Å²) in [6, 6.07) is 6.24. The maximum Gasteiger partial charge on any atom is 0.269 e. The van der Waals surface area contributed by atoms with E-state index in [4.69, 9.17) is 0 Å². The number of non-ortho nitro benzene ring substituents is 1. The molecule has 0 saturated heterocycles. The molecule has 0 heterocycles. The molecule has 2 unspecified atom stereocenters. The predicted octanol–water partition coefficient (Wildman–Crippen LogP) is 3.73. The van der Waals surface area contributed by atoms with Crippen LogP contribution in [0.1, 0.15) is 46.5 Å². The topological polar surface area (TPSA) is 84.3 Å². The zero-order valence-electron chi connectivity index (χ0n) is 14.7. The molecular formula is C18H27N3O3. The Bertz CT molecular complexity index is 578. The van der Waals surface area contributed by atoms with Crippen molar-refractivity contribution < 1.29 is 9.72 Å². The number of nitrogens with zero attached hydrogens (tertiary/aromatic N) is 1. The van der Waals surface area contributed by atoms with E-state index in [1.54, 1.807) is 12.1 Å². The summed E-state index contributed by atoms with van der Waals surface area (Å²) in [5, 5.41) is 16.8. The number of benzene rings is 1. The second kappa shape index (κ2) is 7.75. The van der Waals surface area contributed by atoms with Crippen LogP contribution in [0.4, 0.5) is 11.4 Å². The number of hydrogen-bond acceptors (Lipinski definition) is 4. The summed E-state index contributed by atoms with van der Waals surface area (Å²) in [7, 11) is 0. The van der Waals surface area contributed by atoms with Crippen LogP contribution in [0, 0.1) is 21.4 Å². The smallest absolute Gasteiger partial charge is 0.269 e. The highest BCUT2D eigenvalue weighted by Crippen LogP contribution is 2.37. The summed E-state index contributed by atoms with van der Waals surface area (Å²) in [5.41, 5.74) is 0.817. The molecule has 2 atom stereocenters. The lowest BCUT2D eigenvalue weighted by molar-refractivity contribution is -0.384. The third kappa shape index (κ3) is 5.03. The normalized spacial score (nSPS) is 21.3. The summed E-state index contributed by atoms with van der Waals surface area (Å²) < 4.78 is 0. The molecule has 2 rings (SSSR count). The minimum Gasteiger partial charge on any atom is -0.325 e. The molecule has 1 saturated carbocycles. The third-order valence-corrected chi connectivity index (χ3v) is 4.77. The fraction of sp³-hybridized carbons (Fsp3) is 0.611. The molecule has 132 valence electrons. The Kier molecular flexibility index (Phi) is 5.94. The SMILES string of the molecule is CC(C)(C)C1CCCCC1NCC(=O)Nc1ccc([N+](=O)[O-])cc1. The molecule has 0 spiro atoms. The van der Waals surface area contributed by atoms with Gasteiger partial charge in [0.2, 0.25) is 5.91 Å². The van der Waals surface area contributed by atoms with Crippen molar-refractivity contribution in [1.29, 1.82) is 0 Å². The van der Waals surface area contributed by atoms with Gasteiger partial charge in [0.25, 0.3) is 5.69 Å². The van der Waals surface area contributed by atoms with Gasteiger partial charge in [0.1, 0.15) is 0 Å². The van der Waals surface area contributed by atoms with Crippen LogP contribution < -0.4 is 10.6 Å². The van der Waals surface area contributed by atoms with Gasteiger partial charge < -0.3 is 10.6 Å². The Hall–Kier alpha value is -1.95. The van der Waals surface area contributed by atoms with E-state index in [2.05, 4.69) is 31.4 Å². The van der Waals surface area contributed by atoms with Crippen molar-refractivity contribution in [3.63, 3.8) is 0 Å². The number of nitrogens with one attached hydrogen (secondary N) is 2. The largest absolute Gasteiger partial charge is 0.325 e. The summed E-state index contributed by atoms with van der Waals surface area (Å²) in [5.74, 6) is 0.445. The van der Waals surface area contributed by atoms with E-state index in [1.807, 2.05) is 0 Å². The molecule has 0 aliphatic heterocycles. The van der Waals surface area contributed by atoms with Crippen molar-refractivity contribution in [3.05, 3.63) is 34.4 Å². The number of rotatable bonds is 5. The Morgan fingerprint density at radius 2 is 1.83 bits per heavy atom. The number of nitro benzene ring substituents is 1. The molecule has 1 aromatic carbocycles. The minimum absolute atomic E-state index is 0.0151. The highest BCUT2D eigenvalue weighted by Gasteiger charge is 2.33. The molecule has 6 heteroatoms. The number of hydrogen-bond donors (Lipinski definition) is 2. The summed E-state index contributed by atoms with van der Waals surface area (Å²) in [6.45, 7) is 7.03. The van der Waals surface area contributed by atoms with Crippen LogP contribution in [0.15, 0.2) is 24.3 Å². The molecule has 1 amide bonds. The lowest BCUT2D eigenvalue weighted by Crippen LogP contribution is -2.46. The molecule has 0 radical (unpaired) electrons. The van der Waals surface area contributed by atoms with Gasteiger partial charge in [-0.15, -0.1) is 0 Å². The number of anilines is 1. The molecule has 24 heavy (non-hydrogen) atoms. The van der Waals surface area contributed by atoms with Crippen molar-refractivity contribution >= 4 is 17.3 Å². The van der Waals surface area contributed by atoms with Crippen LogP contribution in [-0.4, -0.2) is 23.4 Å².